The third-order valence-electron chi connectivity index (χ3n) is 3.83. The van der Waals surface area contributed by atoms with Crippen molar-refractivity contribution in [3.8, 4) is 0 Å². The summed E-state index contributed by atoms with van der Waals surface area (Å²) in [5.41, 5.74) is 7.47. The van der Waals surface area contributed by atoms with Crippen LogP contribution >= 0.6 is 0 Å². The summed E-state index contributed by atoms with van der Waals surface area (Å²) in [6.07, 6.45) is 6.27. The van der Waals surface area contributed by atoms with Crippen molar-refractivity contribution in [2.75, 3.05) is 37.3 Å². The van der Waals surface area contributed by atoms with Gasteiger partial charge >= 0.3 is 0 Å². The SMILES string of the molecule is Nc1cnccc1NCC1CN2CCCC2CO1. The number of fused-ring (bicyclic) bond motifs is 1. The first kappa shape index (κ1) is 11.7. The Balaban J connectivity index is 1.53. The molecule has 2 unspecified atom stereocenters. The average molecular weight is 248 g/mol. The average Bonchev–Trinajstić information content (AvgIpc) is 2.85. The molecule has 0 spiro atoms. The van der Waals surface area contributed by atoms with E-state index < -0.39 is 0 Å². The first-order chi connectivity index (χ1) is 8.83. The van der Waals surface area contributed by atoms with Crippen LogP contribution in [-0.4, -0.2) is 48.3 Å². The van der Waals surface area contributed by atoms with E-state index in [1.54, 1.807) is 12.4 Å². The van der Waals surface area contributed by atoms with Gasteiger partial charge in [-0.15, -0.1) is 0 Å². The number of morpholine rings is 1. The number of nitrogens with one attached hydrogen (secondary N) is 1. The van der Waals surface area contributed by atoms with Gasteiger partial charge in [-0.3, -0.25) is 9.88 Å². The lowest BCUT2D eigenvalue weighted by molar-refractivity contribution is -0.0415. The molecule has 5 heteroatoms. The molecule has 1 aromatic rings. The number of aromatic nitrogens is 1. The highest BCUT2D eigenvalue weighted by Gasteiger charge is 2.31. The number of nitrogens with two attached hydrogens (primary N) is 1. The van der Waals surface area contributed by atoms with Crippen LogP contribution in [0.2, 0.25) is 0 Å². The molecule has 2 aliphatic heterocycles. The molecular weight excluding hydrogens is 228 g/mol. The van der Waals surface area contributed by atoms with Gasteiger partial charge in [-0.05, 0) is 25.5 Å². The van der Waals surface area contributed by atoms with E-state index in [1.165, 1.54) is 19.4 Å². The number of ether oxygens (including phenoxy) is 1. The predicted molar refractivity (Wildman–Crippen MR) is 71.5 cm³/mol. The smallest absolute Gasteiger partial charge is 0.0874 e. The van der Waals surface area contributed by atoms with Crippen LogP contribution in [0.4, 0.5) is 11.4 Å². The summed E-state index contributed by atoms with van der Waals surface area (Å²) in [4.78, 5) is 6.53. The summed E-state index contributed by atoms with van der Waals surface area (Å²) in [5.74, 6) is 0. The Hall–Kier alpha value is -1.33. The molecule has 2 atom stereocenters. The highest BCUT2D eigenvalue weighted by atomic mass is 16.5. The van der Waals surface area contributed by atoms with Crippen LogP contribution in [0, 0.1) is 0 Å². The molecule has 0 aliphatic carbocycles. The number of hydrogen-bond donors (Lipinski definition) is 2. The number of anilines is 2. The van der Waals surface area contributed by atoms with Gasteiger partial charge in [0.1, 0.15) is 0 Å². The van der Waals surface area contributed by atoms with Crippen molar-refractivity contribution in [2.45, 2.75) is 25.0 Å². The van der Waals surface area contributed by atoms with Gasteiger partial charge in [0.05, 0.1) is 30.3 Å². The zero-order chi connectivity index (χ0) is 12.4. The van der Waals surface area contributed by atoms with E-state index in [9.17, 15) is 0 Å². The molecule has 1 aromatic heterocycles. The summed E-state index contributed by atoms with van der Waals surface area (Å²) in [5, 5.41) is 3.35. The molecule has 3 N–H and O–H groups in total. The van der Waals surface area contributed by atoms with Gasteiger partial charge in [0.2, 0.25) is 0 Å². The Bertz CT molecular complexity index is 412. The lowest BCUT2D eigenvalue weighted by Crippen LogP contribution is -2.48. The largest absolute Gasteiger partial charge is 0.396 e. The second kappa shape index (κ2) is 5.12. The fourth-order valence-corrected chi connectivity index (χ4v) is 2.80. The predicted octanol–water partition coefficient (Wildman–Crippen LogP) is 0.939. The van der Waals surface area contributed by atoms with Gasteiger partial charge in [-0.1, -0.05) is 0 Å². The van der Waals surface area contributed by atoms with Crippen molar-refractivity contribution in [3.63, 3.8) is 0 Å². The van der Waals surface area contributed by atoms with Crippen LogP contribution in [0.5, 0.6) is 0 Å². The van der Waals surface area contributed by atoms with Crippen molar-refractivity contribution < 1.29 is 4.74 Å². The van der Waals surface area contributed by atoms with E-state index >= 15 is 0 Å². The lowest BCUT2D eigenvalue weighted by atomic mass is 10.2. The van der Waals surface area contributed by atoms with Crippen LogP contribution in [0.1, 0.15) is 12.8 Å². The minimum absolute atomic E-state index is 0.256. The van der Waals surface area contributed by atoms with E-state index in [0.717, 1.165) is 25.4 Å². The molecule has 0 aromatic carbocycles. The molecule has 0 radical (unpaired) electrons. The molecule has 0 bridgehead atoms. The highest BCUT2D eigenvalue weighted by Crippen LogP contribution is 2.23. The van der Waals surface area contributed by atoms with E-state index in [4.69, 9.17) is 10.5 Å². The highest BCUT2D eigenvalue weighted by molar-refractivity contribution is 5.64. The molecular formula is C13H20N4O. The number of rotatable bonds is 3. The first-order valence-electron chi connectivity index (χ1n) is 6.62. The van der Waals surface area contributed by atoms with Crippen molar-refractivity contribution >= 4 is 11.4 Å². The van der Waals surface area contributed by atoms with Gasteiger partial charge in [0.25, 0.3) is 0 Å². The second-order valence-corrected chi connectivity index (χ2v) is 5.09. The van der Waals surface area contributed by atoms with E-state index in [1.807, 2.05) is 6.07 Å². The minimum atomic E-state index is 0.256. The quantitative estimate of drug-likeness (QED) is 0.833. The Morgan fingerprint density at radius 3 is 3.39 bits per heavy atom. The van der Waals surface area contributed by atoms with Crippen LogP contribution in [0.15, 0.2) is 18.5 Å². The Labute approximate surface area is 107 Å². The third-order valence-corrected chi connectivity index (χ3v) is 3.83. The summed E-state index contributed by atoms with van der Waals surface area (Å²) >= 11 is 0. The summed E-state index contributed by atoms with van der Waals surface area (Å²) < 4.78 is 5.89. The Kier molecular flexibility index (Phi) is 3.34. The molecule has 98 valence electrons. The molecule has 18 heavy (non-hydrogen) atoms. The number of nitrogens with zero attached hydrogens (tertiary/aromatic N) is 2. The van der Waals surface area contributed by atoms with Crippen LogP contribution in [-0.2, 0) is 4.74 Å². The standard InChI is InChI=1S/C13H20N4O/c14-12-7-15-4-3-13(12)16-6-11-8-17-5-1-2-10(17)9-18-11/h3-4,7,10-11H,1-2,5-6,8-9,14H2,(H,15,16). The van der Waals surface area contributed by atoms with Gasteiger partial charge in [0, 0.05) is 25.3 Å². The van der Waals surface area contributed by atoms with Crippen LogP contribution in [0.3, 0.4) is 0 Å². The van der Waals surface area contributed by atoms with Crippen molar-refractivity contribution in [1.82, 2.24) is 9.88 Å². The van der Waals surface area contributed by atoms with E-state index in [0.29, 0.717) is 11.7 Å². The molecule has 5 nitrogen and oxygen atoms in total. The van der Waals surface area contributed by atoms with Crippen LogP contribution in [0.25, 0.3) is 0 Å². The summed E-state index contributed by atoms with van der Waals surface area (Å²) in [6.45, 7) is 3.93. The maximum absolute atomic E-state index is 5.89. The number of hydrogen-bond acceptors (Lipinski definition) is 5. The van der Waals surface area contributed by atoms with Crippen molar-refractivity contribution in [3.05, 3.63) is 18.5 Å². The topological polar surface area (TPSA) is 63.4 Å². The molecule has 0 amide bonds. The van der Waals surface area contributed by atoms with Crippen LogP contribution < -0.4 is 11.1 Å². The zero-order valence-electron chi connectivity index (χ0n) is 10.5. The Morgan fingerprint density at radius 2 is 2.50 bits per heavy atom. The normalized spacial score (nSPS) is 28.0. The Morgan fingerprint density at radius 1 is 1.56 bits per heavy atom. The van der Waals surface area contributed by atoms with Gasteiger partial charge in [-0.25, -0.2) is 0 Å². The zero-order valence-corrected chi connectivity index (χ0v) is 10.5. The summed E-state index contributed by atoms with van der Waals surface area (Å²) in [6, 6.07) is 2.56. The third kappa shape index (κ3) is 2.42. The van der Waals surface area contributed by atoms with E-state index in [-0.39, 0.29) is 6.10 Å². The lowest BCUT2D eigenvalue weighted by Gasteiger charge is -2.35. The molecule has 3 heterocycles. The molecule has 2 fully saturated rings. The maximum Gasteiger partial charge on any atom is 0.0874 e. The van der Waals surface area contributed by atoms with Crippen molar-refractivity contribution in [1.29, 1.82) is 0 Å². The van der Waals surface area contributed by atoms with Gasteiger partial charge in [-0.2, -0.15) is 0 Å². The molecule has 2 saturated heterocycles. The van der Waals surface area contributed by atoms with Crippen molar-refractivity contribution in [2.24, 2.45) is 0 Å². The minimum Gasteiger partial charge on any atom is -0.396 e. The monoisotopic (exact) mass is 248 g/mol. The van der Waals surface area contributed by atoms with E-state index in [2.05, 4.69) is 15.2 Å². The summed E-state index contributed by atoms with van der Waals surface area (Å²) in [7, 11) is 0. The molecule has 2 aliphatic rings. The molecule has 3 rings (SSSR count). The number of nitrogen functional groups attached to an aromatic ring is 1. The van der Waals surface area contributed by atoms with Gasteiger partial charge in [0.15, 0.2) is 0 Å². The fourth-order valence-electron chi connectivity index (χ4n) is 2.80. The first-order valence-corrected chi connectivity index (χ1v) is 6.62. The van der Waals surface area contributed by atoms with Gasteiger partial charge < -0.3 is 15.8 Å². The second-order valence-electron chi connectivity index (χ2n) is 5.09. The number of pyridine rings is 1. The maximum atomic E-state index is 5.89. The molecule has 0 saturated carbocycles. The fraction of sp³-hybridized carbons (Fsp3) is 0.615.